The molecular formula is C9H14N2O2. The van der Waals surface area contributed by atoms with Gasteiger partial charge < -0.3 is 14.6 Å². The molecule has 0 saturated carbocycles. The van der Waals surface area contributed by atoms with Crippen molar-refractivity contribution >= 4 is 5.91 Å². The molecule has 0 radical (unpaired) electrons. The summed E-state index contributed by atoms with van der Waals surface area (Å²) in [5.41, 5.74) is 0. The monoisotopic (exact) mass is 182 g/mol. The molecule has 1 heterocycles. The third-order valence-electron chi connectivity index (χ3n) is 1.50. The molecule has 1 aromatic heterocycles. The number of carbonyl (C=O) groups excluding carboxylic acids is 1. The van der Waals surface area contributed by atoms with Crippen molar-refractivity contribution in [3.63, 3.8) is 0 Å². The fraction of sp³-hybridized carbons (Fsp3) is 0.444. The zero-order valence-corrected chi connectivity index (χ0v) is 7.91. The largest absolute Gasteiger partial charge is 0.467 e. The van der Waals surface area contributed by atoms with Crippen molar-refractivity contribution in [2.24, 2.45) is 0 Å². The van der Waals surface area contributed by atoms with E-state index >= 15 is 0 Å². The SMILES string of the molecule is CN(C)CC(=O)NCc1ccco1. The summed E-state index contributed by atoms with van der Waals surface area (Å²) in [6, 6.07) is 3.63. The van der Waals surface area contributed by atoms with E-state index in [1.807, 2.05) is 25.1 Å². The lowest BCUT2D eigenvalue weighted by molar-refractivity contribution is -0.121. The van der Waals surface area contributed by atoms with Gasteiger partial charge in [0, 0.05) is 0 Å². The van der Waals surface area contributed by atoms with Gasteiger partial charge in [0.15, 0.2) is 0 Å². The normalized spacial score (nSPS) is 10.4. The van der Waals surface area contributed by atoms with Gasteiger partial charge in [0.2, 0.25) is 5.91 Å². The third-order valence-corrected chi connectivity index (χ3v) is 1.50. The maximum atomic E-state index is 11.2. The van der Waals surface area contributed by atoms with Gasteiger partial charge in [-0.05, 0) is 26.2 Å². The maximum Gasteiger partial charge on any atom is 0.234 e. The second-order valence-corrected chi connectivity index (χ2v) is 3.09. The molecule has 13 heavy (non-hydrogen) atoms. The van der Waals surface area contributed by atoms with Gasteiger partial charge >= 0.3 is 0 Å². The van der Waals surface area contributed by atoms with Crippen LogP contribution in [-0.2, 0) is 11.3 Å². The number of amides is 1. The number of rotatable bonds is 4. The van der Waals surface area contributed by atoms with Crippen molar-refractivity contribution in [2.75, 3.05) is 20.6 Å². The summed E-state index contributed by atoms with van der Waals surface area (Å²) in [5, 5.41) is 2.74. The average molecular weight is 182 g/mol. The Hall–Kier alpha value is -1.29. The van der Waals surface area contributed by atoms with Gasteiger partial charge in [-0.1, -0.05) is 0 Å². The minimum Gasteiger partial charge on any atom is -0.467 e. The van der Waals surface area contributed by atoms with Gasteiger partial charge in [-0.15, -0.1) is 0 Å². The predicted molar refractivity (Wildman–Crippen MR) is 49.1 cm³/mol. The molecule has 0 fully saturated rings. The fourth-order valence-corrected chi connectivity index (χ4v) is 0.942. The van der Waals surface area contributed by atoms with Crippen LogP contribution in [0.15, 0.2) is 22.8 Å². The molecule has 0 spiro atoms. The van der Waals surface area contributed by atoms with Crippen molar-refractivity contribution in [1.82, 2.24) is 10.2 Å². The van der Waals surface area contributed by atoms with Gasteiger partial charge in [-0.25, -0.2) is 0 Å². The molecule has 0 bridgehead atoms. The molecule has 4 nitrogen and oxygen atoms in total. The number of furan rings is 1. The Morgan fingerprint density at radius 1 is 1.62 bits per heavy atom. The van der Waals surface area contributed by atoms with Crippen LogP contribution in [0.3, 0.4) is 0 Å². The summed E-state index contributed by atoms with van der Waals surface area (Å²) in [6.07, 6.45) is 1.59. The Bertz CT molecular complexity index is 255. The summed E-state index contributed by atoms with van der Waals surface area (Å²) < 4.78 is 5.06. The van der Waals surface area contributed by atoms with Crippen LogP contribution < -0.4 is 5.32 Å². The molecule has 0 saturated heterocycles. The highest BCUT2D eigenvalue weighted by atomic mass is 16.3. The van der Waals surface area contributed by atoms with E-state index in [1.54, 1.807) is 12.3 Å². The van der Waals surface area contributed by atoms with Gasteiger partial charge in [0.25, 0.3) is 0 Å². The second-order valence-electron chi connectivity index (χ2n) is 3.09. The number of nitrogens with zero attached hydrogens (tertiary/aromatic N) is 1. The average Bonchev–Trinajstić information content (AvgIpc) is 2.51. The molecule has 0 atom stereocenters. The van der Waals surface area contributed by atoms with Crippen molar-refractivity contribution in [2.45, 2.75) is 6.54 Å². The van der Waals surface area contributed by atoms with Crippen molar-refractivity contribution in [3.8, 4) is 0 Å². The summed E-state index contributed by atoms with van der Waals surface area (Å²) >= 11 is 0. The molecule has 0 aromatic carbocycles. The summed E-state index contributed by atoms with van der Waals surface area (Å²) in [5.74, 6) is 0.772. The molecule has 1 rings (SSSR count). The molecule has 0 unspecified atom stereocenters. The Balaban J connectivity index is 2.23. The Labute approximate surface area is 77.5 Å². The van der Waals surface area contributed by atoms with E-state index in [1.165, 1.54) is 0 Å². The highest BCUT2D eigenvalue weighted by Gasteiger charge is 2.02. The number of likely N-dealkylation sites (N-methyl/N-ethyl adjacent to an activating group) is 1. The van der Waals surface area contributed by atoms with E-state index in [2.05, 4.69) is 5.32 Å². The van der Waals surface area contributed by atoms with Crippen molar-refractivity contribution < 1.29 is 9.21 Å². The first-order valence-corrected chi connectivity index (χ1v) is 4.12. The molecule has 0 aliphatic carbocycles. The van der Waals surface area contributed by atoms with Gasteiger partial charge in [-0.3, -0.25) is 4.79 Å². The topological polar surface area (TPSA) is 45.5 Å². The molecular weight excluding hydrogens is 168 g/mol. The second kappa shape index (κ2) is 4.67. The van der Waals surface area contributed by atoms with Crippen molar-refractivity contribution in [1.29, 1.82) is 0 Å². The smallest absolute Gasteiger partial charge is 0.234 e. The van der Waals surface area contributed by atoms with Gasteiger partial charge in [0.05, 0.1) is 19.4 Å². The molecule has 0 aliphatic heterocycles. The summed E-state index contributed by atoms with van der Waals surface area (Å²) in [4.78, 5) is 13.0. The maximum absolute atomic E-state index is 11.2. The minimum absolute atomic E-state index is 0.00130. The lowest BCUT2D eigenvalue weighted by atomic mass is 10.4. The first kappa shape index (κ1) is 9.80. The van der Waals surface area contributed by atoms with E-state index in [4.69, 9.17) is 4.42 Å². The van der Waals surface area contributed by atoms with Crippen LogP contribution in [0, 0.1) is 0 Å². The lowest BCUT2D eigenvalue weighted by Gasteiger charge is -2.08. The van der Waals surface area contributed by atoms with E-state index in [-0.39, 0.29) is 5.91 Å². The zero-order valence-electron chi connectivity index (χ0n) is 7.91. The van der Waals surface area contributed by atoms with Crippen LogP contribution >= 0.6 is 0 Å². The Morgan fingerprint density at radius 2 is 2.38 bits per heavy atom. The first-order chi connectivity index (χ1) is 6.18. The summed E-state index contributed by atoms with van der Waals surface area (Å²) in [6.45, 7) is 0.861. The van der Waals surface area contributed by atoms with Crippen LogP contribution in [-0.4, -0.2) is 31.4 Å². The molecule has 1 N–H and O–H groups in total. The van der Waals surface area contributed by atoms with Crippen LogP contribution in [0.5, 0.6) is 0 Å². The highest BCUT2D eigenvalue weighted by Crippen LogP contribution is 1.97. The fourth-order valence-electron chi connectivity index (χ4n) is 0.942. The zero-order chi connectivity index (χ0) is 9.68. The van der Waals surface area contributed by atoms with Crippen LogP contribution in [0.4, 0.5) is 0 Å². The number of hydrogen-bond acceptors (Lipinski definition) is 3. The van der Waals surface area contributed by atoms with E-state index < -0.39 is 0 Å². The lowest BCUT2D eigenvalue weighted by Crippen LogP contribution is -2.32. The van der Waals surface area contributed by atoms with E-state index in [0.29, 0.717) is 13.1 Å². The molecule has 4 heteroatoms. The van der Waals surface area contributed by atoms with E-state index in [0.717, 1.165) is 5.76 Å². The standard InChI is InChI=1S/C9H14N2O2/c1-11(2)7-9(12)10-6-8-4-3-5-13-8/h3-5H,6-7H2,1-2H3,(H,10,12). The summed E-state index contributed by atoms with van der Waals surface area (Å²) in [7, 11) is 3.71. The molecule has 1 amide bonds. The molecule has 1 aromatic rings. The van der Waals surface area contributed by atoms with Crippen LogP contribution in [0.2, 0.25) is 0 Å². The highest BCUT2D eigenvalue weighted by molar-refractivity contribution is 5.77. The third kappa shape index (κ3) is 3.75. The number of carbonyl (C=O) groups is 1. The number of hydrogen-bond donors (Lipinski definition) is 1. The Kier molecular flexibility index (Phi) is 3.52. The van der Waals surface area contributed by atoms with Crippen molar-refractivity contribution in [3.05, 3.63) is 24.2 Å². The predicted octanol–water partition coefficient (Wildman–Crippen LogP) is 0.457. The molecule has 0 aliphatic rings. The quantitative estimate of drug-likeness (QED) is 0.735. The Morgan fingerprint density at radius 3 is 2.92 bits per heavy atom. The minimum atomic E-state index is 0.00130. The van der Waals surface area contributed by atoms with Gasteiger partial charge in [-0.2, -0.15) is 0 Å². The van der Waals surface area contributed by atoms with Crippen LogP contribution in [0.25, 0.3) is 0 Å². The first-order valence-electron chi connectivity index (χ1n) is 4.12. The van der Waals surface area contributed by atoms with Gasteiger partial charge in [0.1, 0.15) is 5.76 Å². The molecule has 72 valence electrons. The van der Waals surface area contributed by atoms with E-state index in [9.17, 15) is 4.79 Å². The number of nitrogens with one attached hydrogen (secondary N) is 1. The van der Waals surface area contributed by atoms with Crippen LogP contribution in [0.1, 0.15) is 5.76 Å².